The van der Waals surface area contributed by atoms with Crippen molar-refractivity contribution in [3.05, 3.63) is 89.2 Å². The van der Waals surface area contributed by atoms with Crippen molar-refractivity contribution in [3.8, 4) is 11.5 Å². The Morgan fingerprint density at radius 3 is 2.56 bits per heavy atom. The topological polar surface area (TPSA) is 45.8 Å². The van der Waals surface area contributed by atoms with E-state index in [0.29, 0.717) is 13.2 Å². The van der Waals surface area contributed by atoms with Gasteiger partial charge in [0.2, 0.25) is 0 Å². The second-order valence-corrected chi connectivity index (χ2v) is 8.31. The molecule has 0 saturated carbocycles. The molecule has 2 aliphatic rings. The minimum Gasteiger partial charge on any atom is -0.496 e. The molecule has 32 heavy (non-hydrogen) atoms. The van der Waals surface area contributed by atoms with Gasteiger partial charge < -0.3 is 14.4 Å². The number of hydrogen-bond donors (Lipinski definition) is 2. The first-order valence-electron chi connectivity index (χ1n) is 11.1. The van der Waals surface area contributed by atoms with Crippen molar-refractivity contribution in [2.75, 3.05) is 25.2 Å². The van der Waals surface area contributed by atoms with Crippen LogP contribution in [0.25, 0.3) is 0 Å². The molecule has 0 radical (unpaired) electrons. The first-order chi connectivity index (χ1) is 15.7. The summed E-state index contributed by atoms with van der Waals surface area (Å²) in [4.78, 5) is 2.34. The third-order valence-corrected chi connectivity index (χ3v) is 6.45. The second kappa shape index (κ2) is 8.81. The van der Waals surface area contributed by atoms with Crippen LogP contribution in [0.1, 0.15) is 35.7 Å². The Balaban J connectivity index is 1.48. The van der Waals surface area contributed by atoms with Crippen molar-refractivity contribution in [1.29, 1.82) is 0 Å². The Kier molecular flexibility index (Phi) is 5.72. The quantitative estimate of drug-likeness (QED) is 0.587. The number of fused-ring (bicyclic) bond motifs is 3. The maximum Gasteiger partial charge on any atom is 0.123 e. The van der Waals surface area contributed by atoms with Crippen LogP contribution in [-0.4, -0.2) is 20.3 Å². The predicted octanol–water partition coefficient (Wildman–Crippen LogP) is 4.76. The molecule has 0 aromatic heterocycles. The number of para-hydroxylation sites is 1. The molecule has 0 bridgehead atoms. The van der Waals surface area contributed by atoms with Gasteiger partial charge in [-0.3, -0.25) is 0 Å². The summed E-state index contributed by atoms with van der Waals surface area (Å²) in [6, 6.07) is 21.5. The molecule has 6 heteroatoms. The van der Waals surface area contributed by atoms with Crippen molar-refractivity contribution < 1.29 is 13.9 Å². The molecular formula is C26H28FN3O2. The molecule has 3 atom stereocenters. The van der Waals surface area contributed by atoms with Crippen molar-refractivity contribution in [3.63, 3.8) is 0 Å². The van der Waals surface area contributed by atoms with Crippen molar-refractivity contribution >= 4 is 5.69 Å². The predicted molar refractivity (Wildman–Crippen MR) is 123 cm³/mol. The summed E-state index contributed by atoms with van der Waals surface area (Å²) >= 11 is 0. The monoisotopic (exact) mass is 433 g/mol. The number of ether oxygens (including phenoxy) is 2. The van der Waals surface area contributed by atoms with E-state index in [0.717, 1.165) is 34.9 Å². The van der Waals surface area contributed by atoms with E-state index in [1.165, 1.54) is 5.56 Å². The third-order valence-electron chi connectivity index (χ3n) is 6.45. The number of halogens is 1. The number of anilines is 1. The summed E-state index contributed by atoms with van der Waals surface area (Å²) in [5, 5.41) is 0. The summed E-state index contributed by atoms with van der Waals surface area (Å²) in [6.07, 6.45) is 0. The molecule has 2 aliphatic heterocycles. The van der Waals surface area contributed by atoms with Gasteiger partial charge in [0.15, 0.2) is 0 Å². The minimum absolute atomic E-state index is 0.0335. The summed E-state index contributed by atoms with van der Waals surface area (Å²) in [7, 11) is 1.70. The molecule has 0 spiro atoms. The Morgan fingerprint density at radius 1 is 1.00 bits per heavy atom. The first-order valence-corrected chi connectivity index (χ1v) is 11.1. The van der Waals surface area contributed by atoms with Crippen LogP contribution in [0.2, 0.25) is 0 Å². The van der Waals surface area contributed by atoms with E-state index in [2.05, 4.69) is 34.0 Å². The molecule has 0 amide bonds. The van der Waals surface area contributed by atoms with Gasteiger partial charge >= 0.3 is 0 Å². The summed E-state index contributed by atoms with van der Waals surface area (Å²) in [5.74, 6) is 1.75. The highest BCUT2D eigenvalue weighted by atomic mass is 19.1. The molecule has 2 N–H and O–H groups in total. The van der Waals surface area contributed by atoms with E-state index >= 15 is 0 Å². The molecular weight excluding hydrogens is 405 g/mol. The van der Waals surface area contributed by atoms with Crippen LogP contribution in [0.5, 0.6) is 11.5 Å². The number of rotatable bonds is 6. The molecule has 5 nitrogen and oxygen atoms in total. The lowest BCUT2D eigenvalue weighted by atomic mass is 9.82. The number of nitrogens with one attached hydrogen (secondary N) is 2. The Bertz CT molecular complexity index is 1090. The van der Waals surface area contributed by atoms with Gasteiger partial charge in [0, 0.05) is 30.3 Å². The van der Waals surface area contributed by atoms with Crippen LogP contribution >= 0.6 is 0 Å². The standard InChI is InChI=1S/C26H28FN3O2/c1-3-32-20-11-8-17(9-12-20)25-22-16-30(15-18-6-4-5-7-24(18)31-2)23-13-10-19(27)14-21(23)26(22)29-28-25/h4-14,22,25-26,28-29H,3,15-16H2,1-2H3. The molecule has 3 aromatic rings. The average molecular weight is 434 g/mol. The highest BCUT2D eigenvalue weighted by Gasteiger charge is 2.43. The normalized spacial score (nSPS) is 21.7. The fourth-order valence-electron chi connectivity index (χ4n) is 4.98. The van der Waals surface area contributed by atoms with Gasteiger partial charge in [-0.05, 0) is 54.4 Å². The van der Waals surface area contributed by atoms with E-state index in [9.17, 15) is 4.39 Å². The smallest absolute Gasteiger partial charge is 0.123 e. The molecule has 3 unspecified atom stereocenters. The molecule has 5 rings (SSSR count). The lowest BCUT2D eigenvalue weighted by Crippen LogP contribution is -2.39. The van der Waals surface area contributed by atoms with Crippen molar-refractivity contribution in [1.82, 2.24) is 10.9 Å². The van der Waals surface area contributed by atoms with Gasteiger partial charge in [-0.15, -0.1) is 0 Å². The number of hydrazine groups is 1. The number of nitrogens with zero attached hydrogens (tertiary/aromatic N) is 1. The minimum atomic E-state index is -0.215. The van der Waals surface area contributed by atoms with Crippen LogP contribution in [0, 0.1) is 11.7 Å². The molecule has 0 aliphatic carbocycles. The van der Waals surface area contributed by atoms with E-state index < -0.39 is 0 Å². The average Bonchev–Trinajstić information content (AvgIpc) is 3.24. The Morgan fingerprint density at radius 2 is 1.78 bits per heavy atom. The summed E-state index contributed by atoms with van der Waals surface area (Å²) < 4.78 is 25.4. The van der Waals surface area contributed by atoms with Crippen LogP contribution in [-0.2, 0) is 6.54 Å². The second-order valence-electron chi connectivity index (χ2n) is 8.31. The number of hydrogen-bond acceptors (Lipinski definition) is 5. The molecule has 1 fully saturated rings. The lowest BCUT2D eigenvalue weighted by molar-refractivity contribution is 0.339. The zero-order chi connectivity index (χ0) is 22.1. The zero-order valence-electron chi connectivity index (χ0n) is 18.3. The highest BCUT2D eigenvalue weighted by Crippen LogP contribution is 2.46. The SMILES string of the molecule is CCOc1ccc(C2NNC3c4cc(F)ccc4N(Cc4ccccc4OC)CC23)cc1. The van der Waals surface area contributed by atoms with Gasteiger partial charge in [0.25, 0.3) is 0 Å². The van der Waals surface area contributed by atoms with Crippen LogP contribution in [0.15, 0.2) is 66.7 Å². The maximum atomic E-state index is 14.3. The molecule has 3 aromatic carbocycles. The van der Waals surface area contributed by atoms with Crippen LogP contribution in [0.3, 0.4) is 0 Å². The molecule has 1 saturated heterocycles. The van der Waals surface area contributed by atoms with Gasteiger partial charge in [0.05, 0.1) is 25.8 Å². The third kappa shape index (κ3) is 3.80. The first kappa shape index (κ1) is 20.8. The fraction of sp³-hybridized carbons (Fsp3) is 0.308. The van der Waals surface area contributed by atoms with E-state index in [-0.39, 0.29) is 23.8 Å². The molecule has 2 heterocycles. The van der Waals surface area contributed by atoms with Gasteiger partial charge in [0.1, 0.15) is 17.3 Å². The zero-order valence-corrected chi connectivity index (χ0v) is 18.3. The van der Waals surface area contributed by atoms with E-state index in [1.54, 1.807) is 19.2 Å². The summed E-state index contributed by atoms with van der Waals surface area (Å²) in [5.41, 5.74) is 11.2. The molecule has 166 valence electrons. The van der Waals surface area contributed by atoms with Crippen LogP contribution < -0.4 is 25.2 Å². The lowest BCUT2D eigenvalue weighted by Gasteiger charge is -2.39. The highest BCUT2D eigenvalue weighted by molar-refractivity contribution is 5.59. The van der Waals surface area contributed by atoms with Crippen molar-refractivity contribution in [2.45, 2.75) is 25.6 Å². The van der Waals surface area contributed by atoms with Gasteiger partial charge in [-0.2, -0.15) is 0 Å². The fourth-order valence-corrected chi connectivity index (χ4v) is 4.98. The van der Waals surface area contributed by atoms with Gasteiger partial charge in [-0.25, -0.2) is 15.2 Å². The van der Waals surface area contributed by atoms with Crippen LogP contribution in [0.4, 0.5) is 10.1 Å². The summed E-state index contributed by atoms with van der Waals surface area (Å²) in [6.45, 7) is 4.16. The van der Waals surface area contributed by atoms with E-state index in [4.69, 9.17) is 9.47 Å². The number of methoxy groups -OCH3 is 1. The van der Waals surface area contributed by atoms with Gasteiger partial charge in [-0.1, -0.05) is 30.3 Å². The maximum absolute atomic E-state index is 14.3. The largest absolute Gasteiger partial charge is 0.496 e. The number of benzene rings is 3. The Hall–Kier alpha value is -3.09. The van der Waals surface area contributed by atoms with Crippen molar-refractivity contribution in [2.24, 2.45) is 5.92 Å². The van der Waals surface area contributed by atoms with E-state index in [1.807, 2.05) is 43.3 Å². The Labute approximate surface area is 188 Å².